The third-order valence-electron chi connectivity index (χ3n) is 7.92. The molecule has 1 aromatic heterocycles. The van der Waals surface area contributed by atoms with Gasteiger partial charge in [0.15, 0.2) is 0 Å². The van der Waals surface area contributed by atoms with Crippen LogP contribution < -0.4 is 9.04 Å². The van der Waals surface area contributed by atoms with Crippen molar-refractivity contribution in [3.63, 3.8) is 0 Å². The van der Waals surface area contributed by atoms with Gasteiger partial charge in [0, 0.05) is 37.6 Å². The fourth-order valence-corrected chi connectivity index (χ4v) is 7.72. The zero-order chi connectivity index (χ0) is 25.9. The van der Waals surface area contributed by atoms with Crippen LogP contribution in [-0.2, 0) is 15.6 Å². The van der Waals surface area contributed by atoms with Crippen LogP contribution in [0.5, 0.6) is 5.75 Å². The van der Waals surface area contributed by atoms with Gasteiger partial charge < -0.3 is 9.84 Å². The van der Waals surface area contributed by atoms with E-state index in [0.29, 0.717) is 24.3 Å². The fraction of sp³-hybridized carbons (Fsp3) is 0.414. The van der Waals surface area contributed by atoms with Crippen LogP contribution in [0.4, 0.5) is 5.69 Å². The summed E-state index contributed by atoms with van der Waals surface area (Å²) < 4.78 is 34.7. The molecule has 2 aliphatic rings. The SMILES string of the molecule is COc1ccc(S(=O)(=O)N(c2ccccc2)C2CCN(C3CCCCC3(O)c3ccncc3)CC2)cc1. The van der Waals surface area contributed by atoms with Crippen molar-refractivity contribution < 1.29 is 18.3 Å². The van der Waals surface area contributed by atoms with Crippen LogP contribution in [0.3, 0.4) is 0 Å². The Morgan fingerprint density at radius 3 is 2.27 bits per heavy atom. The maximum Gasteiger partial charge on any atom is 0.264 e. The second-order valence-corrected chi connectivity index (χ2v) is 11.8. The van der Waals surface area contributed by atoms with Gasteiger partial charge in [-0.25, -0.2) is 8.42 Å². The second kappa shape index (κ2) is 10.8. The zero-order valence-corrected chi connectivity index (χ0v) is 22.1. The average molecular weight is 522 g/mol. The van der Waals surface area contributed by atoms with Gasteiger partial charge in [-0.05, 0) is 79.8 Å². The van der Waals surface area contributed by atoms with Gasteiger partial charge in [-0.2, -0.15) is 0 Å². The van der Waals surface area contributed by atoms with Crippen molar-refractivity contribution in [2.24, 2.45) is 0 Å². The number of aromatic nitrogens is 1. The van der Waals surface area contributed by atoms with E-state index in [2.05, 4.69) is 9.88 Å². The quantitative estimate of drug-likeness (QED) is 0.490. The summed E-state index contributed by atoms with van der Waals surface area (Å²) in [7, 11) is -2.22. The van der Waals surface area contributed by atoms with Crippen molar-refractivity contribution in [1.82, 2.24) is 9.88 Å². The van der Waals surface area contributed by atoms with Gasteiger partial charge in [0.05, 0.1) is 17.7 Å². The van der Waals surface area contributed by atoms with E-state index < -0.39 is 15.6 Å². The number of likely N-dealkylation sites (tertiary alicyclic amines) is 1. The molecule has 2 unspecified atom stereocenters. The number of pyridine rings is 1. The Morgan fingerprint density at radius 1 is 0.946 bits per heavy atom. The third-order valence-corrected chi connectivity index (χ3v) is 9.81. The number of aliphatic hydroxyl groups is 1. The average Bonchev–Trinajstić information content (AvgIpc) is 2.95. The summed E-state index contributed by atoms with van der Waals surface area (Å²) in [6.07, 6.45) is 8.59. The molecule has 1 N–H and O–H groups in total. The van der Waals surface area contributed by atoms with E-state index in [1.165, 1.54) is 0 Å². The van der Waals surface area contributed by atoms with Crippen LogP contribution in [0.1, 0.15) is 44.1 Å². The van der Waals surface area contributed by atoms with Gasteiger partial charge in [-0.3, -0.25) is 14.2 Å². The fourth-order valence-electron chi connectivity index (χ4n) is 6.01. The number of piperidine rings is 1. The first-order valence-electron chi connectivity index (χ1n) is 13.0. The van der Waals surface area contributed by atoms with Crippen LogP contribution in [-0.4, -0.2) is 55.7 Å². The molecule has 1 saturated heterocycles. The Balaban J connectivity index is 1.39. The number of hydrogen-bond donors (Lipinski definition) is 1. The number of para-hydroxylation sites is 1. The van der Waals surface area contributed by atoms with E-state index in [-0.39, 0.29) is 17.0 Å². The van der Waals surface area contributed by atoms with Gasteiger partial charge in [0.25, 0.3) is 10.0 Å². The molecule has 2 heterocycles. The Bertz CT molecular complexity index is 1260. The molecule has 2 fully saturated rings. The lowest BCUT2D eigenvalue weighted by molar-refractivity contribution is -0.0849. The van der Waals surface area contributed by atoms with E-state index in [9.17, 15) is 13.5 Å². The van der Waals surface area contributed by atoms with Crippen molar-refractivity contribution >= 4 is 15.7 Å². The largest absolute Gasteiger partial charge is 0.497 e. The van der Waals surface area contributed by atoms with E-state index in [0.717, 1.165) is 44.3 Å². The van der Waals surface area contributed by atoms with Gasteiger partial charge in [0.2, 0.25) is 0 Å². The molecule has 3 aromatic rings. The molecule has 5 rings (SSSR count). The maximum absolute atomic E-state index is 13.9. The van der Waals surface area contributed by atoms with Gasteiger partial charge in [0.1, 0.15) is 11.4 Å². The van der Waals surface area contributed by atoms with Crippen molar-refractivity contribution in [1.29, 1.82) is 0 Å². The molecule has 1 aliphatic heterocycles. The molecular formula is C29H35N3O4S. The first-order chi connectivity index (χ1) is 17.9. The van der Waals surface area contributed by atoms with Crippen molar-refractivity contribution in [2.45, 2.75) is 61.1 Å². The summed E-state index contributed by atoms with van der Waals surface area (Å²) in [5.41, 5.74) is 0.674. The highest BCUT2D eigenvalue weighted by atomic mass is 32.2. The molecular weight excluding hydrogens is 486 g/mol. The first-order valence-corrected chi connectivity index (χ1v) is 14.5. The number of anilines is 1. The van der Waals surface area contributed by atoms with E-state index in [4.69, 9.17) is 4.74 Å². The summed E-state index contributed by atoms with van der Waals surface area (Å²) in [5.74, 6) is 0.618. The molecule has 0 radical (unpaired) electrons. The third kappa shape index (κ3) is 5.10. The minimum atomic E-state index is -3.78. The van der Waals surface area contributed by atoms with Crippen LogP contribution in [0.15, 0.2) is 84.0 Å². The molecule has 0 amide bonds. The lowest BCUT2D eigenvalue weighted by Gasteiger charge is -2.49. The Hall–Kier alpha value is -2.94. The minimum Gasteiger partial charge on any atom is -0.497 e. The van der Waals surface area contributed by atoms with Crippen molar-refractivity contribution in [3.8, 4) is 5.75 Å². The van der Waals surface area contributed by atoms with Crippen LogP contribution in [0, 0.1) is 0 Å². The minimum absolute atomic E-state index is 0.00738. The highest BCUT2D eigenvalue weighted by molar-refractivity contribution is 7.92. The molecule has 196 valence electrons. The summed E-state index contributed by atoms with van der Waals surface area (Å²) in [4.78, 5) is 6.75. The molecule has 1 aliphatic carbocycles. The smallest absolute Gasteiger partial charge is 0.264 e. The summed E-state index contributed by atoms with van der Waals surface area (Å²) in [6, 6.07) is 19.6. The molecule has 0 spiro atoms. The van der Waals surface area contributed by atoms with Crippen LogP contribution in [0.25, 0.3) is 0 Å². The first kappa shape index (κ1) is 25.7. The monoisotopic (exact) mass is 521 g/mol. The maximum atomic E-state index is 13.9. The highest BCUT2D eigenvalue weighted by Crippen LogP contribution is 2.41. The lowest BCUT2D eigenvalue weighted by atomic mass is 9.74. The zero-order valence-electron chi connectivity index (χ0n) is 21.2. The molecule has 2 aromatic carbocycles. The predicted octanol–water partition coefficient (Wildman–Crippen LogP) is 4.58. The van der Waals surface area contributed by atoms with E-state index in [1.54, 1.807) is 48.1 Å². The Morgan fingerprint density at radius 2 is 1.62 bits per heavy atom. The normalized spacial score (nSPS) is 23.5. The second-order valence-electron chi connectivity index (χ2n) is 10.0. The summed E-state index contributed by atoms with van der Waals surface area (Å²) >= 11 is 0. The lowest BCUT2D eigenvalue weighted by Crippen LogP contribution is -2.57. The number of benzene rings is 2. The Labute approximate surface area is 219 Å². The molecule has 8 heteroatoms. The van der Waals surface area contributed by atoms with E-state index >= 15 is 0 Å². The van der Waals surface area contributed by atoms with Crippen molar-refractivity contribution in [2.75, 3.05) is 24.5 Å². The molecule has 37 heavy (non-hydrogen) atoms. The number of hydrogen-bond acceptors (Lipinski definition) is 6. The number of methoxy groups -OCH3 is 1. The number of rotatable bonds is 7. The summed E-state index contributed by atoms with van der Waals surface area (Å²) in [6.45, 7) is 1.45. The molecule has 2 atom stereocenters. The number of sulfonamides is 1. The highest BCUT2D eigenvalue weighted by Gasteiger charge is 2.45. The number of ether oxygens (including phenoxy) is 1. The molecule has 7 nitrogen and oxygen atoms in total. The number of nitrogens with zero attached hydrogens (tertiary/aromatic N) is 3. The van der Waals surface area contributed by atoms with Gasteiger partial charge >= 0.3 is 0 Å². The topological polar surface area (TPSA) is 83.0 Å². The van der Waals surface area contributed by atoms with Gasteiger partial charge in [-0.15, -0.1) is 0 Å². The molecule has 0 bridgehead atoms. The van der Waals surface area contributed by atoms with Gasteiger partial charge in [-0.1, -0.05) is 31.0 Å². The Kier molecular flexibility index (Phi) is 7.51. The van der Waals surface area contributed by atoms with Crippen LogP contribution in [0.2, 0.25) is 0 Å². The van der Waals surface area contributed by atoms with E-state index in [1.807, 2.05) is 42.5 Å². The predicted molar refractivity (Wildman–Crippen MR) is 144 cm³/mol. The summed E-state index contributed by atoms with van der Waals surface area (Å²) in [5, 5.41) is 11.8. The van der Waals surface area contributed by atoms with Crippen molar-refractivity contribution in [3.05, 3.63) is 84.7 Å². The molecule has 1 saturated carbocycles. The van der Waals surface area contributed by atoms with Crippen LogP contribution >= 0.6 is 0 Å². The standard InChI is InChI=1S/C29H35N3O4S/c1-36-26-10-12-27(13-11-26)37(34,35)32(24-7-3-2-4-8-24)25-16-21-31(22-17-25)28-9-5-6-18-29(28,33)23-14-19-30-20-15-23/h2-4,7-8,10-15,19-20,25,28,33H,5-6,9,16-18,21-22H2,1H3.